The van der Waals surface area contributed by atoms with E-state index in [1.54, 1.807) is 0 Å². The van der Waals surface area contributed by atoms with Gasteiger partial charge in [0.15, 0.2) is 0 Å². The van der Waals surface area contributed by atoms with Gasteiger partial charge in [-0.2, -0.15) is 39.5 Å². The Labute approximate surface area is 237 Å². The Bertz CT molecular complexity index is 1450. The number of ether oxygens (including phenoxy) is 2. The second-order valence-corrected chi connectivity index (χ2v) is 9.27. The van der Waals surface area contributed by atoms with E-state index in [4.69, 9.17) is 20.9 Å². The van der Waals surface area contributed by atoms with Gasteiger partial charge < -0.3 is 20.9 Å². The van der Waals surface area contributed by atoms with Gasteiger partial charge in [0.1, 0.15) is 23.0 Å². The predicted octanol–water partition coefficient (Wildman–Crippen LogP) is 9.12. The van der Waals surface area contributed by atoms with Gasteiger partial charge in [-0.15, -0.1) is 0 Å². The fraction of sp³-hybridized carbons (Fsp3) is 0.172. The largest absolute Gasteiger partial charge is 0.460 e. The molecule has 4 aromatic carbocycles. The highest BCUT2D eigenvalue weighted by atomic mass is 19.4. The van der Waals surface area contributed by atoms with E-state index in [-0.39, 0.29) is 23.0 Å². The van der Waals surface area contributed by atoms with Crippen LogP contribution in [0.5, 0.6) is 23.0 Å². The summed E-state index contributed by atoms with van der Waals surface area (Å²) in [6, 6.07) is 16.8. The first-order chi connectivity index (χ1) is 19.9. The Morgan fingerprint density at radius 1 is 0.372 bits per heavy atom. The lowest BCUT2D eigenvalue weighted by Crippen LogP contribution is -2.66. The minimum absolute atomic E-state index is 0.140. The fourth-order valence-electron chi connectivity index (χ4n) is 3.97. The maximum Gasteiger partial charge on any atom is 0.460 e. The third kappa shape index (κ3) is 5.60. The molecule has 4 N–H and O–H groups in total. The number of hydrogen-bond acceptors (Lipinski definition) is 4. The molecule has 0 aliphatic rings. The highest BCUT2D eigenvalue weighted by Gasteiger charge is 2.86. The summed E-state index contributed by atoms with van der Waals surface area (Å²) in [5.74, 6) is -21.2. The molecule has 0 heterocycles. The van der Waals surface area contributed by atoms with Crippen LogP contribution in [0.3, 0.4) is 0 Å². The zero-order valence-electron chi connectivity index (χ0n) is 21.5. The molecular formula is C29H20F10N2O2. The second-order valence-electron chi connectivity index (χ2n) is 9.27. The van der Waals surface area contributed by atoms with Crippen molar-refractivity contribution in [2.75, 3.05) is 11.5 Å². The van der Waals surface area contributed by atoms with E-state index in [1.165, 1.54) is 48.5 Å². The number of alkyl halides is 10. The molecule has 0 atom stereocenters. The minimum Gasteiger partial charge on any atom is -0.457 e. The van der Waals surface area contributed by atoms with Crippen molar-refractivity contribution in [1.82, 2.24) is 0 Å². The molecule has 4 aromatic rings. The average Bonchev–Trinajstić information content (AvgIpc) is 2.95. The Balaban J connectivity index is 1.79. The molecule has 0 fully saturated rings. The summed E-state index contributed by atoms with van der Waals surface area (Å²) >= 11 is 0. The molecule has 0 saturated heterocycles. The molecule has 14 heteroatoms. The third-order valence-corrected chi connectivity index (χ3v) is 6.31. The third-order valence-electron chi connectivity index (χ3n) is 6.31. The lowest BCUT2D eigenvalue weighted by Gasteiger charge is -2.41. The zero-order chi connectivity index (χ0) is 31.8. The van der Waals surface area contributed by atoms with Crippen LogP contribution in [0.4, 0.5) is 55.3 Å². The Morgan fingerprint density at radius 3 is 0.930 bits per heavy atom. The molecule has 0 amide bonds. The van der Waals surface area contributed by atoms with E-state index in [9.17, 15) is 30.7 Å². The number of nitrogens with two attached hydrogens (primary N) is 2. The molecule has 0 aromatic heterocycles. The summed E-state index contributed by atoms with van der Waals surface area (Å²) in [5, 5.41) is 0. The second kappa shape index (κ2) is 10.9. The van der Waals surface area contributed by atoms with Crippen LogP contribution in [0.2, 0.25) is 0 Å². The fourth-order valence-corrected chi connectivity index (χ4v) is 3.97. The average molecular weight is 618 g/mol. The van der Waals surface area contributed by atoms with Crippen molar-refractivity contribution in [2.45, 2.75) is 29.6 Å². The number of nitrogen functional groups attached to an aromatic ring is 2. The summed E-state index contributed by atoms with van der Waals surface area (Å²) in [7, 11) is 0. The normalized spacial score (nSPS) is 13.1. The first-order valence-corrected chi connectivity index (χ1v) is 12.1. The van der Waals surface area contributed by atoms with Gasteiger partial charge in [-0.3, -0.25) is 0 Å². The van der Waals surface area contributed by atoms with Crippen LogP contribution in [0, 0.1) is 0 Å². The molecule has 4 nitrogen and oxygen atoms in total. The molecule has 0 aliphatic carbocycles. The van der Waals surface area contributed by atoms with Crippen LogP contribution in [-0.4, -0.2) is 23.9 Å². The van der Waals surface area contributed by atoms with Crippen LogP contribution < -0.4 is 20.9 Å². The van der Waals surface area contributed by atoms with Crippen molar-refractivity contribution >= 4 is 11.4 Å². The van der Waals surface area contributed by atoms with Crippen molar-refractivity contribution in [3.8, 4) is 23.0 Å². The lowest BCUT2D eigenvalue weighted by atomic mass is 9.78. The number of anilines is 2. The van der Waals surface area contributed by atoms with Gasteiger partial charge >= 0.3 is 23.9 Å². The molecule has 0 radical (unpaired) electrons. The molecule has 0 unspecified atom stereocenters. The molecule has 43 heavy (non-hydrogen) atoms. The van der Waals surface area contributed by atoms with Crippen LogP contribution >= 0.6 is 0 Å². The van der Waals surface area contributed by atoms with E-state index in [1.807, 2.05) is 0 Å². The molecule has 0 bridgehead atoms. The summed E-state index contributed by atoms with van der Waals surface area (Å²) in [4.78, 5) is 0. The van der Waals surface area contributed by atoms with Crippen LogP contribution in [0.25, 0.3) is 0 Å². The molecule has 4 rings (SSSR count). The first-order valence-electron chi connectivity index (χ1n) is 12.1. The van der Waals surface area contributed by atoms with Crippen molar-refractivity contribution < 1.29 is 53.4 Å². The summed E-state index contributed by atoms with van der Waals surface area (Å²) in [6.45, 7) is 0. The Hall–Kier alpha value is -4.62. The van der Waals surface area contributed by atoms with Gasteiger partial charge in [0.2, 0.25) is 5.67 Å². The van der Waals surface area contributed by atoms with Crippen LogP contribution in [-0.2, 0) is 5.67 Å². The molecule has 0 aliphatic heterocycles. The first kappa shape index (κ1) is 31.3. The Kier molecular flexibility index (Phi) is 7.94. The van der Waals surface area contributed by atoms with E-state index < -0.39 is 40.7 Å². The van der Waals surface area contributed by atoms with Crippen molar-refractivity contribution in [2.24, 2.45) is 0 Å². The number of rotatable bonds is 9. The maximum atomic E-state index is 16.6. The molecular weight excluding hydrogens is 598 g/mol. The summed E-state index contributed by atoms with van der Waals surface area (Å²) in [6.07, 6.45) is -7.14. The minimum atomic E-state index is -7.32. The van der Waals surface area contributed by atoms with Crippen LogP contribution in [0.15, 0.2) is 97.1 Å². The van der Waals surface area contributed by atoms with Crippen molar-refractivity contribution in [1.29, 1.82) is 0 Å². The van der Waals surface area contributed by atoms with E-state index in [0.29, 0.717) is 35.6 Å². The standard InChI is InChI=1S/C29H20F10N2O2/c30-25(26(31,32)27(33,34)28(35,36)29(37,38)39,17-1-9-21(10-2-17)42-23-13-5-19(40)6-14-23)18-3-11-22(12-4-18)43-24-15-7-20(41)8-16-24/h1-16H,40-41H2. The van der Waals surface area contributed by atoms with Gasteiger partial charge in [-0.25, -0.2) is 4.39 Å². The number of benzene rings is 4. The zero-order valence-corrected chi connectivity index (χ0v) is 21.5. The van der Waals surface area contributed by atoms with E-state index >= 15 is 13.2 Å². The summed E-state index contributed by atoms with van der Waals surface area (Å²) < 4.78 is 154. The molecule has 0 saturated carbocycles. The highest BCUT2D eigenvalue weighted by Crippen LogP contribution is 2.61. The van der Waals surface area contributed by atoms with E-state index in [0.717, 1.165) is 24.3 Å². The predicted molar refractivity (Wildman–Crippen MR) is 138 cm³/mol. The Morgan fingerprint density at radius 2 is 0.651 bits per heavy atom. The smallest absolute Gasteiger partial charge is 0.457 e. The summed E-state index contributed by atoms with van der Waals surface area (Å²) in [5.41, 5.74) is 4.20. The van der Waals surface area contributed by atoms with Gasteiger partial charge in [0.25, 0.3) is 0 Å². The number of halogens is 10. The van der Waals surface area contributed by atoms with Gasteiger partial charge in [-0.05, 0) is 72.8 Å². The number of hydrogen-bond donors (Lipinski definition) is 2. The highest BCUT2D eigenvalue weighted by molar-refractivity contribution is 5.48. The topological polar surface area (TPSA) is 70.5 Å². The SMILES string of the molecule is Nc1ccc(Oc2ccc(C(F)(c3ccc(Oc4ccc(N)cc4)cc3)C(F)(F)C(F)(F)C(F)(F)C(F)(F)F)cc2)cc1. The van der Waals surface area contributed by atoms with Gasteiger partial charge in [0.05, 0.1) is 0 Å². The van der Waals surface area contributed by atoms with Gasteiger partial charge in [0, 0.05) is 22.5 Å². The maximum absolute atomic E-state index is 16.6. The van der Waals surface area contributed by atoms with Crippen molar-refractivity contribution in [3.05, 3.63) is 108 Å². The molecule has 0 spiro atoms. The van der Waals surface area contributed by atoms with Crippen molar-refractivity contribution in [3.63, 3.8) is 0 Å². The lowest BCUT2D eigenvalue weighted by molar-refractivity contribution is -0.410. The monoisotopic (exact) mass is 618 g/mol. The van der Waals surface area contributed by atoms with E-state index in [2.05, 4.69) is 0 Å². The molecule has 228 valence electrons. The van der Waals surface area contributed by atoms with Crippen LogP contribution in [0.1, 0.15) is 11.1 Å². The quantitative estimate of drug-likeness (QED) is 0.145. The van der Waals surface area contributed by atoms with Gasteiger partial charge in [-0.1, -0.05) is 24.3 Å².